The van der Waals surface area contributed by atoms with Gasteiger partial charge in [0, 0.05) is 11.8 Å². The molecule has 5 unspecified atom stereocenters. The number of epoxide rings is 4. The molecule has 4 aliphatic rings. The lowest BCUT2D eigenvalue weighted by atomic mass is 9.73. The van der Waals surface area contributed by atoms with Crippen LogP contribution in [0.4, 0.5) is 0 Å². The quantitative estimate of drug-likeness (QED) is 0.0851. The highest BCUT2D eigenvalue weighted by Gasteiger charge is 2.30. The Kier molecular flexibility index (Phi) is 9.91. The van der Waals surface area contributed by atoms with Crippen LogP contribution in [0.1, 0.15) is 35.4 Å². The molecule has 0 bridgehead atoms. The lowest BCUT2D eigenvalue weighted by Gasteiger charge is -2.30. The topological polar surface area (TPSA) is 87.0 Å². The zero-order valence-corrected chi connectivity index (χ0v) is 26.8. The first-order valence-electron chi connectivity index (χ1n) is 16.4. The van der Waals surface area contributed by atoms with Crippen LogP contribution in [0, 0.1) is 0 Å². The van der Waals surface area contributed by atoms with Crippen molar-refractivity contribution in [3.05, 3.63) is 126 Å². The van der Waals surface area contributed by atoms with Crippen molar-refractivity contribution in [1.29, 1.82) is 0 Å². The molecule has 5 atom stereocenters. The van der Waals surface area contributed by atoms with E-state index in [0.717, 1.165) is 65.9 Å². The Morgan fingerprint density at radius 1 is 0.617 bits per heavy atom. The molecule has 246 valence electrons. The Bertz CT molecular complexity index is 1470. The summed E-state index contributed by atoms with van der Waals surface area (Å²) in [7, 11) is 0. The molecule has 3 aromatic rings. The fourth-order valence-corrected chi connectivity index (χ4v) is 5.51. The number of hydrogen-bond acceptors (Lipinski definition) is 8. The summed E-state index contributed by atoms with van der Waals surface area (Å²) in [4.78, 5) is 0. The molecule has 4 saturated heterocycles. The molecule has 3 aromatic carbocycles. The minimum atomic E-state index is -0.0603. The summed E-state index contributed by atoms with van der Waals surface area (Å²) in [6, 6.07) is 25.3. The maximum Gasteiger partial charge on any atom is 0.119 e. The van der Waals surface area contributed by atoms with Crippen LogP contribution in [-0.4, -0.2) is 77.3 Å². The molecule has 4 heterocycles. The first-order valence-corrected chi connectivity index (χ1v) is 16.4. The average Bonchev–Trinajstić information content (AvgIpc) is 3.91. The van der Waals surface area contributed by atoms with Gasteiger partial charge in [0.15, 0.2) is 0 Å². The largest absolute Gasteiger partial charge is 0.491 e. The minimum absolute atomic E-state index is 0.0480. The second-order valence-electron chi connectivity index (χ2n) is 12.3. The van der Waals surface area contributed by atoms with Crippen molar-refractivity contribution in [1.82, 2.24) is 0 Å². The third kappa shape index (κ3) is 9.26. The van der Waals surface area contributed by atoms with E-state index in [1.807, 2.05) is 42.5 Å². The molecule has 7 rings (SSSR count). The summed E-state index contributed by atoms with van der Waals surface area (Å²) in [6.45, 7) is 11.4. The molecule has 0 spiro atoms. The van der Waals surface area contributed by atoms with Gasteiger partial charge in [0.1, 0.15) is 73.9 Å². The summed E-state index contributed by atoms with van der Waals surface area (Å²) in [6.07, 6.45) is 6.98. The van der Waals surface area contributed by atoms with Gasteiger partial charge < -0.3 is 37.9 Å². The zero-order valence-electron chi connectivity index (χ0n) is 26.8. The fraction of sp³-hybridized carbons (Fsp3) is 0.385. The van der Waals surface area contributed by atoms with E-state index in [1.54, 1.807) is 0 Å². The maximum atomic E-state index is 5.99. The molecular formula is C39H42O8. The molecule has 4 aliphatic heterocycles. The van der Waals surface area contributed by atoms with Crippen molar-refractivity contribution in [3.8, 4) is 17.2 Å². The van der Waals surface area contributed by atoms with E-state index < -0.39 is 0 Å². The van der Waals surface area contributed by atoms with Crippen LogP contribution in [0.2, 0.25) is 0 Å². The highest BCUT2D eigenvalue weighted by Crippen LogP contribution is 2.45. The number of ether oxygens (including phenoxy) is 8. The first kappa shape index (κ1) is 31.5. The van der Waals surface area contributed by atoms with Gasteiger partial charge in [0.2, 0.25) is 0 Å². The van der Waals surface area contributed by atoms with Crippen molar-refractivity contribution in [3.63, 3.8) is 0 Å². The van der Waals surface area contributed by atoms with E-state index in [0.29, 0.717) is 32.2 Å². The zero-order chi connectivity index (χ0) is 32.0. The van der Waals surface area contributed by atoms with Crippen molar-refractivity contribution >= 4 is 0 Å². The molecule has 0 amide bonds. The first-order chi connectivity index (χ1) is 23.1. The van der Waals surface area contributed by atoms with E-state index >= 15 is 0 Å². The Morgan fingerprint density at radius 3 is 1.38 bits per heavy atom. The molecule has 47 heavy (non-hydrogen) atoms. The Hall–Kier alpha value is -4.08. The lowest BCUT2D eigenvalue weighted by Crippen LogP contribution is -2.16. The smallest absolute Gasteiger partial charge is 0.119 e. The van der Waals surface area contributed by atoms with E-state index in [-0.39, 0.29) is 36.3 Å². The molecule has 0 aliphatic carbocycles. The average molecular weight is 639 g/mol. The monoisotopic (exact) mass is 638 g/mol. The Morgan fingerprint density at radius 2 is 1.00 bits per heavy atom. The van der Waals surface area contributed by atoms with Gasteiger partial charge in [-0.3, -0.25) is 0 Å². The summed E-state index contributed by atoms with van der Waals surface area (Å²) < 4.78 is 45.1. The standard InChI is InChI=1S/C39H42O8/c1-3-27(5-4-26(2)40-18-34-22-44-34)38(28-6-12-31(13-7-28)41-19-35-23-45-35)39(29-8-14-32(15-9-29)42-20-36-24-46-36)30-10-16-33(17-11-30)43-21-37-25-47-37/h3-17,34-39H,2,18-25H2,1H3/b5-4-,27-3+. The molecular weight excluding hydrogens is 596 g/mol. The fourth-order valence-electron chi connectivity index (χ4n) is 5.51. The van der Waals surface area contributed by atoms with Gasteiger partial charge in [-0.25, -0.2) is 0 Å². The van der Waals surface area contributed by atoms with Crippen LogP contribution in [-0.2, 0) is 23.7 Å². The van der Waals surface area contributed by atoms with E-state index in [9.17, 15) is 0 Å². The van der Waals surface area contributed by atoms with Crippen LogP contribution in [0.3, 0.4) is 0 Å². The van der Waals surface area contributed by atoms with Gasteiger partial charge in [-0.05, 0) is 71.7 Å². The number of allylic oxidation sites excluding steroid dienone is 4. The SMILES string of the molecule is C=C(/C=C\C(=C/C)C(c1ccc(OCC2CO2)cc1)C(c1ccc(OCC2CO2)cc1)c1ccc(OCC2CO2)cc1)OCC1CO1. The van der Waals surface area contributed by atoms with Gasteiger partial charge in [-0.1, -0.05) is 55.1 Å². The molecule has 0 N–H and O–H groups in total. The van der Waals surface area contributed by atoms with Gasteiger partial charge in [0.05, 0.1) is 26.4 Å². The number of benzene rings is 3. The second kappa shape index (κ2) is 14.8. The summed E-state index contributed by atoms with van der Waals surface area (Å²) >= 11 is 0. The van der Waals surface area contributed by atoms with Crippen molar-refractivity contribution in [2.45, 2.75) is 43.2 Å². The van der Waals surface area contributed by atoms with E-state index in [2.05, 4.69) is 62.1 Å². The minimum Gasteiger partial charge on any atom is -0.491 e. The summed E-state index contributed by atoms with van der Waals surface area (Å²) in [5, 5.41) is 0. The van der Waals surface area contributed by atoms with Crippen LogP contribution in [0.15, 0.2) is 109 Å². The van der Waals surface area contributed by atoms with E-state index in [1.165, 1.54) is 0 Å². The van der Waals surface area contributed by atoms with Crippen LogP contribution < -0.4 is 14.2 Å². The number of rotatable bonds is 19. The van der Waals surface area contributed by atoms with Crippen LogP contribution >= 0.6 is 0 Å². The lowest BCUT2D eigenvalue weighted by molar-refractivity contribution is 0.194. The molecule has 0 aromatic heterocycles. The van der Waals surface area contributed by atoms with Crippen molar-refractivity contribution < 1.29 is 37.9 Å². The number of hydrogen-bond donors (Lipinski definition) is 0. The van der Waals surface area contributed by atoms with Crippen LogP contribution in [0.5, 0.6) is 17.2 Å². The summed E-state index contributed by atoms with van der Waals surface area (Å²) in [5.41, 5.74) is 4.59. The van der Waals surface area contributed by atoms with Crippen molar-refractivity contribution in [2.75, 3.05) is 52.9 Å². The van der Waals surface area contributed by atoms with Gasteiger partial charge in [-0.15, -0.1) is 0 Å². The molecule has 0 saturated carbocycles. The third-order valence-corrected chi connectivity index (χ3v) is 8.58. The predicted octanol–water partition coefficient (Wildman–Crippen LogP) is 6.37. The normalized spacial score (nSPS) is 23.9. The Labute approximate surface area is 276 Å². The Balaban J connectivity index is 1.21. The third-order valence-electron chi connectivity index (χ3n) is 8.58. The van der Waals surface area contributed by atoms with Gasteiger partial charge >= 0.3 is 0 Å². The second-order valence-corrected chi connectivity index (χ2v) is 12.3. The maximum absolute atomic E-state index is 5.99. The van der Waals surface area contributed by atoms with Gasteiger partial charge in [-0.2, -0.15) is 0 Å². The molecule has 0 radical (unpaired) electrons. The molecule has 8 heteroatoms. The van der Waals surface area contributed by atoms with Gasteiger partial charge in [0.25, 0.3) is 0 Å². The molecule has 8 nitrogen and oxygen atoms in total. The predicted molar refractivity (Wildman–Crippen MR) is 177 cm³/mol. The highest BCUT2D eigenvalue weighted by atomic mass is 16.6. The highest BCUT2D eigenvalue weighted by molar-refractivity contribution is 5.49. The van der Waals surface area contributed by atoms with Crippen LogP contribution in [0.25, 0.3) is 0 Å². The van der Waals surface area contributed by atoms with Crippen molar-refractivity contribution in [2.24, 2.45) is 0 Å². The summed E-state index contributed by atoms with van der Waals surface area (Å²) in [5.74, 6) is 2.96. The molecule has 4 fully saturated rings. The van der Waals surface area contributed by atoms with E-state index in [4.69, 9.17) is 37.9 Å².